The lowest BCUT2D eigenvalue weighted by Crippen LogP contribution is -2.20. The standard InChI is InChI=1S/C26H19BrClN3O4/c1-3-34-24-19(27)10-15(11-22(24)33-2)14-29-31-25(30-20-7-5-4-6-18(20)26(31)32)23-13-16-12-17(28)8-9-21(16)35-23/h4-14H,3H2,1-2H3. The normalized spacial score (nSPS) is 11.5. The third-order valence-electron chi connectivity index (χ3n) is 5.32. The summed E-state index contributed by atoms with van der Waals surface area (Å²) in [5.74, 6) is 1.81. The van der Waals surface area contributed by atoms with Gasteiger partial charge in [-0.15, -0.1) is 0 Å². The molecule has 5 aromatic rings. The maximum Gasteiger partial charge on any atom is 0.282 e. The predicted octanol–water partition coefficient (Wildman–Crippen LogP) is 6.52. The molecule has 5 rings (SSSR count). The lowest BCUT2D eigenvalue weighted by atomic mass is 10.2. The zero-order valence-corrected chi connectivity index (χ0v) is 21.1. The smallest absolute Gasteiger partial charge is 0.282 e. The minimum Gasteiger partial charge on any atom is -0.493 e. The zero-order chi connectivity index (χ0) is 24.5. The Balaban J connectivity index is 1.68. The van der Waals surface area contributed by atoms with Crippen LogP contribution < -0.4 is 15.0 Å². The Labute approximate surface area is 213 Å². The molecule has 9 heteroatoms. The van der Waals surface area contributed by atoms with Crippen LogP contribution in [0.15, 0.2) is 79.4 Å². The molecule has 0 saturated heterocycles. The maximum absolute atomic E-state index is 13.4. The summed E-state index contributed by atoms with van der Waals surface area (Å²) in [6.45, 7) is 2.39. The summed E-state index contributed by atoms with van der Waals surface area (Å²) >= 11 is 9.65. The van der Waals surface area contributed by atoms with Crippen LogP contribution in [0.3, 0.4) is 0 Å². The molecule has 0 radical (unpaired) electrons. The number of para-hydroxylation sites is 1. The fourth-order valence-corrected chi connectivity index (χ4v) is 4.49. The first kappa shape index (κ1) is 23.1. The molecule has 0 atom stereocenters. The van der Waals surface area contributed by atoms with E-state index in [1.165, 1.54) is 4.68 Å². The summed E-state index contributed by atoms with van der Waals surface area (Å²) in [6, 6.07) is 17.8. The summed E-state index contributed by atoms with van der Waals surface area (Å²) < 4.78 is 19.1. The first-order chi connectivity index (χ1) is 17.0. The number of rotatable bonds is 6. The van der Waals surface area contributed by atoms with Crippen LogP contribution in [0.25, 0.3) is 33.5 Å². The Kier molecular flexibility index (Phi) is 6.32. The van der Waals surface area contributed by atoms with Gasteiger partial charge in [0.05, 0.1) is 35.3 Å². The van der Waals surface area contributed by atoms with Gasteiger partial charge in [0.15, 0.2) is 17.3 Å². The van der Waals surface area contributed by atoms with Crippen LogP contribution in [0.5, 0.6) is 11.5 Å². The third kappa shape index (κ3) is 4.42. The first-order valence-corrected chi connectivity index (χ1v) is 11.9. The van der Waals surface area contributed by atoms with Gasteiger partial charge in [0.2, 0.25) is 5.82 Å². The molecular formula is C26H19BrClN3O4. The minimum atomic E-state index is -0.322. The van der Waals surface area contributed by atoms with Crippen LogP contribution in [-0.4, -0.2) is 29.6 Å². The van der Waals surface area contributed by atoms with Crippen LogP contribution in [0.2, 0.25) is 5.02 Å². The molecule has 0 aliphatic heterocycles. The van der Waals surface area contributed by atoms with Crippen LogP contribution in [0.4, 0.5) is 0 Å². The highest BCUT2D eigenvalue weighted by atomic mass is 79.9. The number of halogens is 2. The Bertz CT molecular complexity index is 1660. The molecule has 7 nitrogen and oxygen atoms in total. The predicted molar refractivity (Wildman–Crippen MR) is 141 cm³/mol. The Morgan fingerprint density at radius 3 is 2.80 bits per heavy atom. The molecule has 0 fully saturated rings. The fourth-order valence-electron chi connectivity index (χ4n) is 3.74. The molecule has 0 bridgehead atoms. The topological polar surface area (TPSA) is 78.9 Å². The molecule has 0 saturated carbocycles. The van der Waals surface area contributed by atoms with Crippen molar-refractivity contribution in [3.05, 3.63) is 86.1 Å². The van der Waals surface area contributed by atoms with E-state index in [1.54, 1.807) is 61.9 Å². The van der Waals surface area contributed by atoms with Gasteiger partial charge in [0.25, 0.3) is 5.56 Å². The molecule has 0 unspecified atom stereocenters. The van der Waals surface area contributed by atoms with Crippen molar-refractivity contribution in [3.63, 3.8) is 0 Å². The highest BCUT2D eigenvalue weighted by Crippen LogP contribution is 2.36. The number of fused-ring (bicyclic) bond motifs is 2. The van der Waals surface area contributed by atoms with Gasteiger partial charge in [-0.25, -0.2) is 4.98 Å². The third-order valence-corrected chi connectivity index (χ3v) is 6.14. The van der Waals surface area contributed by atoms with Crippen molar-refractivity contribution >= 4 is 55.6 Å². The average molecular weight is 553 g/mol. The van der Waals surface area contributed by atoms with E-state index in [1.807, 2.05) is 19.1 Å². The molecule has 3 aromatic carbocycles. The SMILES string of the molecule is CCOc1c(Br)cc(C=Nn2c(-c3cc4cc(Cl)ccc4o3)nc3ccccc3c2=O)cc1OC. The molecule has 2 aromatic heterocycles. The Hall–Kier alpha value is -3.62. The largest absolute Gasteiger partial charge is 0.493 e. The summed E-state index contributed by atoms with van der Waals surface area (Å²) in [5.41, 5.74) is 1.54. The Morgan fingerprint density at radius 1 is 1.17 bits per heavy atom. The number of aromatic nitrogens is 2. The number of benzene rings is 3. The van der Waals surface area contributed by atoms with Gasteiger partial charge in [-0.1, -0.05) is 23.7 Å². The quantitative estimate of drug-likeness (QED) is 0.224. The molecule has 0 N–H and O–H groups in total. The van der Waals surface area contributed by atoms with Crippen LogP contribution in [0.1, 0.15) is 12.5 Å². The number of ether oxygens (including phenoxy) is 2. The van der Waals surface area contributed by atoms with Gasteiger partial charge in [0, 0.05) is 10.4 Å². The summed E-state index contributed by atoms with van der Waals surface area (Å²) in [7, 11) is 1.56. The lowest BCUT2D eigenvalue weighted by Gasteiger charge is -2.12. The molecule has 0 amide bonds. The van der Waals surface area contributed by atoms with Gasteiger partial charge in [0.1, 0.15) is 5.58 Å². The highest BCUT2D eigenvalue weighted by molar-refractivity contribution is 9.10. The maximum atomic E-state index is 13.4. The number of furan rings is 1. The van der Waals surface area contributed by atoms with E-state index < -0.39 is 0 Å². The van der Waals surface area contributed by atoms with Gasteiger partial charge in [-0.05, 0) is 76.9 Å². The second-order valence-corrected chi connectivity index (χ2v) is 8.86. The first-order valence-electron chi connectivity index (χ1n) is 10.7. The van der Waals surface area contributed by atoms with Crippen molar-refractivity contribution in [2.45, 2.75) is 6.92 Å². The van der Waals surface area contributed by atoms with E-state index in [0.717, 1.165) is 5.39 Å². The molecule has 35 heavy (non-hydrogen) atoms. The lowest BCUT2D eigenvalue weighted by molar-refractivity contribution is 0.309. The van der Waals surface area contributed by atoms with E-state index >= 15 is 0 Å². The van der Waals surface area contributed by atoms with Crippen LogP contribution >= 0.6 is 27.5 Å². The fraction of sp³-hybridized carbons (Fsp3) is 0.115. The van der Waals surface area contributed by atoms with E-state index in [9.17, 15) is 4.79 Å². The highest BCUT2D eigenvalue weighted by Gasteiger charge is 2.17. The molecular weight excluding hydrogens is 534 g/mol. The second-order valence-electron chi connectivity index (χ2n) is 7.57. The van der Waals surface area contributed by atoms with Crippen molar-refractivity contribution in [2.24, 2.45) is 5.10 Å². The zero-order valence-electron chi connectivity index (χ0n) is 18.8. The van der Waals surface area contributed by atoms with Crippen LogP contribution in [0, 0.1) is 0 Å². The van der Waals surface area contributed by atoms with Gasteiger partial charge >= 0.3 is 0 Å². The van der Waals surface area contributed by atoms with Crippen molar-refractivity contribution in [2.75, 3.05) is 13.7 Å². The Morgan fingerprint density at radius 2 is 2.00 bits per heavy atom. The van der Waals surface area contributed by atoms with Crippen molar-refractivity contribution in [1.82, 2.24) is 9.66 Å². The molecule has 2 heterocycles. The summed E-state index contributed by atoms with van der Waals surface area (Å²) in [4.78, 5) is 18.1. The van der Waals surface area contributed by atoms with Gasteiger partial charge in [-0.2, -0.15) is 9.78 Å². The van der Waals surface area contributed by atoms with Crippen LogP contribution in [-0.2, 0) is 0 Å². The van der Waals surface area contributed by atoms with Gasteiger partial charge < -0.3 is 13.9 Å². The summed E-state index contributed by atoms with van der Waals surface area (Å²) in [6.07, 6.45) is 1.56. The van der Waals surface area contributed by atoms with E-state index in [0.29, 0.717) is 55.4 Å². The average Bonchev–Trinajstić information content (AvgIpc) is 3.28. The molecule has 176 valence electrons. The second kappa shape index (κ2) is 9.56. The number of hydrogen-bond donors (Lipinski definition) is 0. The molecule has 0 spiro atoms. The number of nitrogens with zero attached hydrogens (tertiary/aromatic N) is 3. The van der Waals surface area contributed by atoms with Gasteiger partial charge in [-0.3, -0.25) is 4.79 Å². The van der Waals surface area contributed by atoms with Crippen molar-refractivity contribution < 1.29 is 13.9 Å². The summed E-state index contributed by atoms with van der Waals surface area (Å²) in [5, 5.41) is 6.32. The minimum absolute atomic E-state index is 0.272. The molecule has 0 aliphatic carbocycles. The van der Waals surface area contributed by atoms with Crippen molar-refractivity contribution in [1.29, 1.82) is 0 Å². The number of methoxy groups -OCH3 is 1. The van der Waals surface area contributed by atoms with E-state index in [2.05, 4.69) is 21.0 Å². The van der Waals surface area contributed by atoms with E-state index in [4.69, 9.17) is 30.5 Å². The molecule has 0 aliphatic rings. The van der Waals surface area contributed by atoms with Crippen molar-refractivity contribution in [3.8, 4) is 23.1 Å². The monoisotopic (exact) mass is 551 g/mol. The van der Waals surface area contributed by atoms with E-state index in [-0.39, 0.29) is 11.4 Å². The number of hydrogen-bond acceptors (Lipinski definition) is 6.